The lowest BCUT2D eigenvalue weighted by atomic mass is 9.78. The summed E-state index contributed by atoms with van der Waals surface area (Å²) in [6.45, 7) is 3.53. The third-order valence-corrected chi connectivity index (χ3v) is 6.34. The molecule has 2 aliphatic heterocycles. The second-order valence-electron chi connectivity index (χ2n) is 7.00. The highest BCUT2D eigenvalue weighted by molar-refractivity contribution is 7.99. The molecule has 2 saturated heterocycles. The number of hydrogen-bond donors (Lipinski definition) is 1. The van der Waals surface area contributed by atoms with Crippen LogP contribution in [0.3, 0.4) is 0 Å². The summed E-state index contributed by atoms with van der Waals surface area (Å²) in [5, 5.41) is 9.69. The quantitative estimate of drug-likeness (QED) is 0.246. The average Bonchev–Trinajstić information content (AvgIpc) is 3.19. The van der Waals surface area contributed by atoms with Gasteiger partial charge in [0.1, 0.15) is 0 Å². The Bertz CT molecular complexity index is 430. The van der Waals surface area contributed by atoms with Gasteiger partial charge in [0.15, 0.2) is 0 Å². The smallest absolute Gasteiger partial charge is 0.245 e. The molecule has 2 aliphatic rings. The van der Waals surface area contributed by atoms with E-state index in [0.717, 1.165) is 31.0 Å². The summed E-state index contributed by atoms with van der Waals surface area (Å²) in [5.74, 6) is 3.22. The predicted molar refractivity (Wildman–Crippen MR) is 101 cm³/mol. The normalized spacial score (nSPS) is 28.1. The van der Waals surface area contributed by atoms with Gasteiger partial charge in [0.25, 0.3) is 0 Å². The van der Waals surface area contributed by atoms with Gasteiger partial charge < -0.3 is 9.47 Å². The van der Waals surface area contributed by atoms with Gasteiger partial charge in [0, 0.05) is 19.4 Å². The van der Waals surface area contributed by atoms with Gasteiger partial charge in [-0.3, -0.25) is 10.0 Å². The lowest BCUT2D eigenvalue weighted by Gasteiger charge is -2.27. The molecular formula is C19H33NO4S. The number of nitrogens with zero attached hydrogens (tertiary/aromatic N) is 1. The molecule has 2 rings (SSSR count). The standard InChI is InChI=1S/C19H33NO4S/c1-3-4-11-23-14-16-15(17-8-9-18(16)24-17)10-13-25-12-6-5-7-19(21)20(2)22/h3-4,15-18,22H,5-14H2,1-2H3/b4-3+. The van der Waals surface area contributed by atoms with Crippen molar-refractivity contribution in [1.82, 2.24) is 5.06 Å². The number of allylic oxidation sites excluding steroid dienone is 1. The summed E-state index contributed by atoms with van der Waals surface area (Å²) in [6, 6.07) is 0. The third kappa shape index (κ3) is 6.59. The maximum atomic E-state index is 11.3. The van der Waals surface area contributed by atoms with Crippen molar-refractivity contribution in [2.24, 2.45) is 11.8 Å². The van der Waals surface area contributed by atoms with Gasteiger partial charge in [-0.1, -0.05) is 12.2 Å². The first-order chi connectivity index (χ1) is 12.1. The molecule has 6 heteroatoms. The lowest BCUT2D eigenvalue weighted by molar-refractivity contribution is -0.159. The highest BCUT2D eigenvalue weighted by atomic mass is 32.2. The van der Waals surface area contributed by atoms with Gasteiger partial charge >= 0.3 is 0 Å². The molecule has 0 aromatic carbocycles. The molecular weight excluding hydrogens is 338 g/mol. The molecule has 1 amide bonds. The van der Waals surface area contributed by atoms with Crippen LogP contribution in [-0.4, -0.2) is 60.2 Å². The highest BCUT2D eigenvalue weighted by Crippen LogP contribution is 2.45. The van der Waals surface area contributed by atoms with Crippen molar-refractivity contribution in [3.8, 4) is 0 Å². The number of hydroxylamine groups is 2. The molecule has 0 aromatic rings. The van der Waals surface area contributed by atoms with E-state index in [0.29, 0.717) is 42.1 Å². The van der Waals surface area contributed by atoms with Crippen LogP contribution in [0, 0.1) is 11.8 Å². The van der Waals surface area contributed by atoms with E-state index < -0.39 is 0 Å². The molecule has 0 aliphatic carbocycles. The number of ether oxygens (including phenoxy) is 2. The third-order valence-electron chi connectivity index (χ3n) is 5.24. The zero-order valence-corrected chi connectivity index (χ0v) is 16.4. The molecule has 144 valence electrons. The van der Waals surface area contributed by atoms with Gasteiger partial charge in [0.2, 0.25) is 5.91 Å². The number of amides is 1. The summed E-state index contributed by atoms with van der Waals surface area (Å²) >= 11 is 1.97. The fourth-order valence-electron chi connectivity index (χ4n) is 3.83. The van der Waals surface area contributed by atoms with Crippen LogP contribution in [0.25, 0.3) is 0 Å². The number of rotatable bonds is 12. The Hall–Kier alpha value is -0.560. The van der Waals surface area contributed by atoms with Crippen molar-refractivity contribution >= 4 is 17.7 Å². The van der Waals surface area contributed by atoms with Crippen molar-refractivity contribution in [3.63, 3.8) is 0 Å². The molecule has 0 radical (unpaired) electrons. The second-order valence-corrected chi connectivity index (χ2v) is 8.22. The molecule has 0 spiro atoms. The molecule has 2 bridgehead atoms. The first-order valence-electron chi connectivity index (χ1n) is 9.51. The van der Waals surface area contributed by atoms with Crippen molar-refractivity contribution < 1.29 is 19.5 Å². The van der Waals surface area contributed by atoms with Gasteiger partial charge in [0.05, 0.1) is 25.4 Å². The first-order valence-corrected chi connectivity index (χ1v) is 10.7. The van der Waals surface area contributed by atoms with Crippen molar-refractivity contribution in [2.45, 2.75) is 57.7 Å². The average molecular weight is 372 g/mol. The van der Waals surface area contributed by atoms with E-state index >= 15 is 0 Å². The minimum Gasteiger partial charge on any atom is -0.377 e. The predicted octanol–water partition coefficient (Wildman–Crippen LogP) is 3.51. The van der Waals surface area contributed by atoms with Crippen LogP contribution in [0.2, 0.25) is 0 Å². The minimum absolute atomic E-state index is 0.204. The lowest BCUT2D eigenvalue weighted by Crippen LogP contribution is -2.31. The van der Waals surface area contributed by atoms with Gasteiger partial charge in [-0.25, -0.2) is 5.06 Å². The summed E-state index contributed by atoms with van der Waals surface area (Å²) in [6.07, 6.45) is 10.8. The van der Waals surface area contributed by atoms with Gasteiger partial charge in [-0.05, 0) is 56.5 Å². The van der Waals surface area contributed by atoms with Crippen LogP contribution in [0.15, 0.2) is 12.2 Å². The number of unbranched alkanes of at least 4 members (excludes halogenated alkanes) is 1. The van der Waals surface area contributed by atoms with Crippen molar-refractivity contribution in [3.05, 3.63) is 12.2 Å². The Balaban J connectivity index is 1.58. The van der Waals surface area contributed by atoms with E-state index in [1.807, 2.05) is 24.8 Å². The molecule has 25 heavy (non-hydrogen) atoms. The minimum atomic E-state index is -0.204. The van der Waals surface area contributed by atoms with Crippen molar-refractivity contribution in [2.75, 3.05) is 31.8 Å². The van der Waals surface area contributed by atoms with Crippen LogP contribution in [0.4, 0.5) is 0 Å². The maximum Gasteiger partial charge on any atom is 0.245 e. The Morgan fingerprint density at radius 1 is 1.28 bits per heavy atom. The topological polar surface area (TPSA) is 59.0 Å². The Morgan fingerprint density at radius 2 is 2.04 bits per heavy atom. The van der Waals surface area contributed by atoms with E-state index in [-0.39, 0.29) is 5.91 Å². The molecule has 0 saturated carbocycles. The number of thioether (sulfide) groups is 1. The first kappa shape index (κ1) is 20.7. The molecule has 4 unspecified atom stereocenters. The SMILES string of the molecule is C/C=C/COCC1C2CCC(O2)C1CCSCCCCC(=O)N(C)O. The summed E-state index contributed by atoms with van der Waals surface area (Å²) in [4.78, 5) is 11.3. The molecule has 4 atom stereocenters. The van der Waals surface area contributed by atoms with E-state index in [4.69, 9.17) is 14.7 Å². The zero-order valence-electron chi connectivity index (χ0n) is 15.6. The van der Waals surface area contributed by atoms with Crippen LogP contribution >= 0.6 is 11.8 Å². The molecule has 0 aromatic heterocycles. The monoisotopic (exact) mass is 371 g/mol. The fourth-order valence-corrected chi connectivity index (χ4v) is 4.88. The summed E-state index contributed by atoms with van der Waals surface area (Å²) in [7, 11) is 1.38. The van der Waals surface area contributed by atoms with Crippen LogP contribution < -0.4 is 0 Å². The van der Waals surface area contributed by atoms with Gasteiger partial charge in [-0.2, -0.15) is 11.8 Å². The number of carbonyl (C=O) groups is 1. The second kappa shape index (κ2) is 11.2. The Labute approximate surface area is 156 Å². The maximum absolute atomic E-state index is 11.3. The molecule has 1 N–H and O–H groups in total. The van der Waals surface area contributed by atoms with Crippen LogP contribution in [-0.2, 0) is 14.3 Å². The molecule has 2 heterocycles. The van der Waals surface area contributed by atoms with Crippen LogP contribution in [0.1, 0.15) is 45.4 Å². The number of hydrogen-bond acceptors (Lipinski definition) is 5. The molecule has 5 nitrogen and oxygen atoms in total. The highest BCUT2D eigenvalue weighted by Gasteiger charge is 2.48. The van der Waals surface area contributed by atoms with E-state index in [1.54, 1.807) is 0 Å². The summed E-state index contributed by atoms with van der Waals surface area (Å²) < 4.78 is 11.9. The fraction of sp³-hybridized carbons (Fsp3) is 0.842. The van der Waals surface area contributed by atoms with Crippen LogP contribution in [0.5, 0.6) is 0 Å². The zero-order chi connectivity index (χ0) is 18.1. The van der Waals surface area contributed by atoms with E-state index in [9.17, 15) is 4.79 Å². The Morgan fingerprint density at radius 3 is 2.76 bits per heavy atom. The number of fused-ring (bicyclic) bond motifs is 2. The van der Waals surface area contributed by atoms with Crippen molar-refractivity contribution in [1.29, 1.82) is 0 Å². The van der Waals surface area contributed by atoms with Gasteiger partial charge in [-0.15, -0.1) is 0 Å². The Kier molecular flexibility index (Phi) is 9.31. The molecule has 2 fully saturated rings. The summed E-state index contributed by atoms with van der Waals surface area (Å²) in [5.41, 5.74) is 0. The largest absolute Gasteiger partial charge is 0.377 e. The van der Waals surface area contributed by atoms with E-state index in [2.05, 4.69) is 6.08 Å². The van der Waals surface area contributed by atoms with E-state index in [1.165, 1.54) is 26.3 Å². The number of carbonyl (C=O) groups excluding carboxylic acids is 1.